The summed E-state index contributed by atoms with van der Waals surface area (Å²) in [6, 6.07) is 7.33. The number of carbonyl (C=O) groups is 1. The molecule has 4 rings (SSSR count). The van der Waals surface area contributed by atoms with E-state index in [4.69, 9.17) is 11.6 Å². The SMILES string of the molecule is Cn1nc(C2CCN(C(=O)Nc3cccc(Cl)c3)CC2)n(C2CC2)c1=O. The lowest BCUT2D eigenvalue weighted by atomic mass is 9.96. The van der Waals surface area contributed by atoms with Gasteiger partial charge in [-0.3, -0.25) is 4.57 Å². The van der Waals surface area contributed by atoms with Gasteiger partial charge < -0.3 is 10.2 Å². The van der Waals surface area contributed by atoms with Crippen molar-refractivity contribution in [3.63, 3.8) is 0 Å². The number of rotatable bonds is 3. The van der Waals surface area contributed by atoms with Crippen LogP contribution in [0.1, 0.15) is 43.5 Å². The highest BCUT2D eigenvalue weighted by Gasteiger charge is 2.34. The first-order chi connectivity index (χ1) is 12.5. The Kier molecular flexibility index (Phi) is 4.48. The second-order valence-electron chi connectivity index (χ2n) is 7.07. The molecule has 1 saturated heterocycles. The van der Waals surface area contributed by atoms with E-state index in [1.807, 2.05) is 16.7 Å². The third kappa shape index (κ3) is 3.35. The number of nitrogens with zero attached hydrogens (tertiary/aromatic N) is 4. The smallest absolute Gasteiger partial charge is 0.324 e. The first-order valence-electron chi connectivity index (χ1n) is 9.00. The fourth-order valence-electron chi connectivity index (χ4n) is 3.56. The standard InChI is InChI=1S/C18H22ClN5O2/c1-22-18(26)24(15-5-6-15)16(21-22)12-7-9-23(10-8-12)17(25)20-14-4-2-3-13(19)11-14/h2-4,11-12,15H,5-10H2,1H3,(H,20,25). The normalized spacial score (nSPS) is 18.2. The first kappa shape index (κ1) is 17.1. The summed E-state index contributed by atoms with van der Waals surface area (Å²) in [7, 11) is 1.71. The summed E-state index contributed by atoms with van der Waals surface area (Å²) in [5, 5.41) is 7.96. The Bertz CT molecular complexity index is 878. The van der Waals surface area contributed by atoms with Crippen LogP contribution in [0.3, 0.4) is 0 Å². The fourth-order valence-corrected chi connectivity index (χ4v) is 3.75. The maximum atomic E-state index is 12.5. The van der Waals surface area contributed by atoms with E-state index in [9.17, 15) is 9.59 Å². The van der Waals surface area contributed by atoms with Crippen LogP contribution < -0.4 is 11.0 Å². The molecule has 2 fully saturated rings. The Labute approximate surface area is 156 Å². The molecule has 0 bridgehead atoms. The molecule has 0 unspecified atom stereocenters. The zero-order valence-corrected chi connectivity index (χ0v) is 15.4. The number of halogens is 1. The summed E-state index contributed by atoms with van der Waals surface area (Å²) in [5.74, 6) is 1.11. The number of hydrogen-bond donors (Lipinski definition) is 1. The Morgan fingerprint density at radius 2 is 1.96 bits per heavy atom. The second-order valence-corrected chi connectivity index (χ2v) is 7.50. The third-order valence-corrected chi connectivity index (χ3v) is 5.35. The quantitative estimate of drug-likeness (QED) is 0.896. The number of urea groups is 1. The number of amides is 2. The fraction of sp³-hybridized carbons (Fsp3) is 0.500. The van der Waals surface area contributed by atoms with Crippen LogP contribution in [0.4, 0.5) is 10.5 Å². The average Bonchev–Trinajstić information content (AvgIpc) is 3.41. The summed E-state index contributed by atoms with van der Waals surface area (Å²) in [6.07, 6.45) is 3.73. The summed E-state index contributed by atoms with van der Waals surface area (Å²) < 4.78 is 3.30. The Balaban J connectivity index is 1.41. The van der Waals surface area contributed by atoms with Crippen LogP contribution in [0.15, 0.2) is 29.1 Å². The summed E-state index contributed by atoms with van der Waals surface area (Å²) in [5.41, 5.74) is 0.667. The van der Waals surface area contributed by atoms with Gasteiger partial charge in [-0.15, -0.1) is 0 Å². The van der Waals surface area contributed by atoms with E-state index in [0.717, 1.165) is 31.5 Å². The summed E-state index contributed by atoms with van der Waals surface area (Å²) >= 11 is 5.96. The first-order valence-corrected chi connectivity index (χ1v) is 9.37. The van der Waals surface area contributed by atoms with Crippen molar-refractivity contribution in [2.45, 2.75) is 37.6 Å². The number of benzene rings is 1. The molecular formula is C18H22ClN5O2. The molecule has 0 radical (unpaired) electrons. The van der Waals surface area contributed by atoms with Crippen LogP contribution in [-0.2, 0) is 7.05 Å². The monoisotopic (exact) mass is 375 g/mol. The molecule has 26 heavy (non-hydrogen) atoms. The Morgan fingerprint density at radius 3 is 2.62 bits per heavy atom. The molecule has 8 heteroatoms. The zero-order chi connectivity index (χ0) is 18.3. The molecular weight excluding hydrogens is 354 g/mol. The van der Waals surface area contributed by atoms with Gasteiger partial charge in [-0.1, -0.05) is 17.7 Å². The number of aromatic nitrogens is 3. The van der Waals surface area contributed by atoms with Crippen LogP contribution in [0.5, 0.6) is 0 Å². The lowest BCUT2D eigenvalue weighted by Crippen LogP contribution is -2.41. The van der Waals surface area contributed by atoms with Gasteiger partial charge in [-0.05, 0) is 43.9 Å². The highest BCUT2D eigenvalue weighted by atomic mass is 35.5. The van der Waals surface area contributed by atoms with Crippen molar-refractivity contribution in [1.82, 2.24) is 19.2 Å². The summed E-state index contributed by atoms with van der Waals surface area (Å²) in [6.45, 7) is 1.29. The highest BCUT2D eigenvalue weighted by Crippen LogP contribution is 2.37. The molecule has 7 nitrogen and oxygen atoms in total. The predicted molar refractivity (Wildman–Crippen MR) is 99.8 cm³/mol. The number of carbonyl (C=O) groups excluding carboxylic acids is 1. The van der Waals surface area contributed by atoms with Crippen LogP contribution in [0.25, 0.3) is 0 Å². The number of anilines is 1. The zero-order valence-electron chi connectivity index (χ0n) is 14.7. The topological polar surface area (TPSA) is 72.2 Å². The van der Waals surface area contributed by atoms with Crippen molar-refractivity contribution < 1.29 is 4.79 Å². The van der Waals surface area contributed by atoms with E-state index in [1.54, 1.807) is 24.1 Å². The van der Waals surface area contributed by atoms with Gasteiger partial charge >= 0.3 is 11.7 Å². The number of hydrogen-bond acceptors (Lipinski definition) is 3. The minimum absolute atomic E-state index is 0.0244. The minimum atomic E-state index is -0.119. The number of aryl methyl sites for hydroxylation is 1. The van der Waals surface area contributed by atoms with Crippen molar-refractivity contribution in [2.24, 2.45) is 7.05 Å². The number of piperidine rings is 1. The van der Waals surface area contributed by atoms with Crippen molar-refractivity contribution >= 4 is 23.3 Å². The average molecular weight is 376 g/mol. The molecule has 2 amide bonds. The van der Waals surface area contributed by atoms with E-state index in [2.05, 4.69) is 10.4 Å². The van der Waals surface area contributed by atoms with Gasteiger partial charge in [0.1, 0.15) is 5.82 Å². The van der Waals surface area contributed by atoms with E-state index >= 15 is 0 Å². The number of nitrogens with one attached hydrogen (secondary N) is 1. The van der Waals surface area contributed by atoms with Crippen LogP contribution in [-0.4, -0.2) is 38.4 Å². The summed E-state index contributed by atoms with van der Waals surface area (Å²) in [4.78, 5) is 26.6. The van der Waals surface area contributed by atoms with E-state index in [-0.39, 0.29) is 17.6 Å². The van der Waals surface area contributed by atoms with Crippen LogP contribution >= 0.6 is 11.6 Å². The molecule has 138 valence electrons. The molecule has 2 aliphatic rings. The van der Waals surface area contributed by atoms with E-state index in [0.29, 0.717) is 29.8 Å². The van der Waals surface area contributed by atoms with Crippen molar-refractivity contribution in [3.8, 4) is 0 Å². The highest BCUT2D eigenvalue weighted by molar-refractivity contribution is 6.30. The number of likely N-dealkylation sites (tertiary alicyclic amines) is 1. The van der Waals surface area contributed by atoms with Gasteiger partial charge in [0.25, 0.3) is 0 Å². The van der Waals surface area contributed by atoms with Gasteiger partial charge in [0.2, 0.25) is 0 Å². The van der Waals surface area contributed by atoms with E-state index < -0.39 is 0 Å². The van der Waals surface area contributed by atoms with E-state index in [1.165, 1.54) is 4.68 Å². The molecule has 2 aromatic rings. The maximum absolute atomic E-state index is 12.5. The molecule has 1 aromatic heterocycles. The van der Waals surface area contributed by atoms with Crippen LogP contribution in [0.2, 0.25) is 5.02 Å². The molecule has 0 atom stereocenters. The van der Waals surface area contributed by atoms with Crippen molar-refractivity contribution in [2.75, 3.05) is 18.4 Å². The molecule has 1 aromatic carbocycles. The van der Waals surface area contributed by atoms with Crippen molar-refractivity contribution in [1.29, 1.82) is 0 Å². The molecule has 0 spiro atoms. The molecule has 1 N–H and O–H groups in total. The van der Waals surface area contributed by atoms with Gasteiger partial charge in [-0.25, -0.2) is 14.3 Å². The van der Waals surface area contributed by atoms with Gasteiger partial charge in [-0.2, -0.15) is 5.10 Å². The lowest BCUT2D eigenvalue weighted by Gasteiger charge is -2.31. The third-order valence-electron chi connectivity index (χ3n) is 5.12. The Morgan fingerprint density at radius 1 is 1.23 bits per heavy atom. The van der Waals surface area contributed by atoms with Gasteiger partial charge in [0.15, 0.2) is 0 Å². The molecule has 2 heterocycles. The lowest BCUT2D eigenvalue weighted by molar-refractivity contribution is 0.192. The molecule has 1 saturated carbocycles. The second kappa shape index (κ2) is 6.79. The van der Waals surface area contributed by atoms with Crippen LogP contribution in [0, 0.1) is 0 Å². The minimum Gasteiger partial charge on any atom is -0.324 e. The largest absolute Gasteiger partial charge is 0.345 e. The maximum Gasteiger partial charge on any atom is 0.345 e. The molecule has 1 aliphatic carbocycles. The molecule has 1 aliphatic heterocycles. The predicted octanol–water partition coefficient (Wildman–Crippen LogP) is 2.98. The Hall–Kier alpha value is -2.28. The van der Waals surface area contributed by atoms with Gasteiger partial charge in [0, 0.05) is 42.8 Å². The van der Waals surface area contributed by atoms with Crippen molar-refractivity contribution in [3.05, 3.63) is 45.6 Å². The van der Waals surface area contributed by atoms with Gasteiger partial charge in [0.05, 0.1) is 0 Å².